The summed E-state index contributed by atoms with van der Waals surface area (Å²) < 4.78 is 1.90. The minimum absolute atomic E-state index is 0.410. The normalized spacial score (nSPS) is 26.2. The van der Waals surface area contributed by atoms with E-state index in [1.54, 1.807) is 0 Å². The summed E-state index contributed by atoms with van der Waals surface area (Å²) in [5, 5.41) is 11.5. The number of hydrogen-bond donors (Lipinski definition) is 1. The van der Waals surface area contributed by atoms with Crippen LogP contribution in [-0.2, 0) is 7.05 Å². The molecule has 1 fully saturated rings. The quantitative estimate of drug-likeness (QED) is 0.873. The number of hydrogen-bond acceptors (Lipinski definition) is 3. The summed E-state index contributed by atoms with van der Waals surface area (Å²) in [5.74, 6) is 1.70. The Morgan fingerprint density at radius 1 is 1.39 bits per heavy atom. The molecule has 1 aliphatic rings. The summed E-state index contributed by atoms with van der Waals surface area (Å²) >= 11 is 0. The first kappa shape index (κ1) is 13.5. The van der Waals surface area contributed by atoms with Crippen molar-refractivity contribution in [3.8, 4) is 0 Å². The van der Waals surface area contributed by atoms with Crippen molar-refractivity contribution >= 4 is 0 Å². The molecule has 1 heterocycles. The molecule has 0 spiro atoms. The van der Waals surface area contributed by atoms with Crippen molar-refractivity contribution in [2.75, 3.05) is 7.05 Å². The summed E-state index contributed by atoms with van der Waals surface area (Å²) in [4.78, 5) is 0. The van der Waals surface area contributed by atoms with E-state index in [4.69, 9.17) is 0 Å². The summed E-state index contributed by atoms with van der Waals surface area (Å²) in [6.07, 6.45) is 10.1. The Labute approximate surface area is 110 Å². The molecule has 0 radical (unpaired) electrons. The SMILES string of the molecule is CCCC1CCC(C(NC)c2cnnn2C)CC1. The molecule has 4 nitrogen and oxygen atoms in total. The predicted molar refractivity (Wildman–Crippen MR) is 73.2 cm³/mol. The van der Waals surface area contributed by atoms with Gasteiger partial charge in [-0.05, 0) is 31.7 Å². The van der Waals surface area contributed by atoms with Gasteiger partial charge >= 0.3 is 0 Å². The van der Waals surface area contributed by atoms with Crippen molar-refractivity contribution in [3.63, 3.8) is 0 Å². The highest BCUT2D eigenvalue weighted by molar-refractivity contribution is 5.04. The zero-order valence-electron chi connectivity index (χ0n) is 11.9. The molecule has 0 aliphatic heterocycles. The van der Waals surface area contributed by atoms with E-state index in [2.05, 4.69) is 29.6 Å². The maximum absolute atomic E-state index is 4.05. The molecule has 2 rings (SSSR count). The Balaban J connectivity index is 1.97. The van der Waals surface area contributed by atoms with E-state index in [-0.39, 0.29) is 0 Å². The molecule has 0 amide bonds. The fourth-order valence-corrected chi connectivity index (χ4v) is 3.42. The lowest BCUT2D eigenvalue weighted by molar-refractivity contribution is 0.215. The van der Waals surface area contributed by atoms with Crippen LogP contribution in [0.2, 0.25) is 0 Å². The lowest BCUT2D eigenvalue weighted by atomic mass is 9.76. The molecule has 0 bridgehead atoms. The molecule has 102 valence electrons. The van der Waals surface area contributed by atoms with Crippen LogP contribution in [0.4, 0.5) is 0 Å². The Bertz CT molecular complexity index is 352. The zero-order chi connectivity index (χ0) is 13.0. The van der Waals surface area contributed by atoms with Gasteiger partial charge in [0.05, 0.1) is 17.9 Å². The van der Waals surface area contributed by atoms with E-state index in [0.29, 0.717) is 6.04 Å². The van der Waals surface area contributed by atoms with E-state index in [1.165, 1.54) is 44.2 Å². The van der Waals surface area contributed by atoms with Gasteiger partial charge in [-0.2, -0.15) is 0 Å². The van der Waals surface area contributed by atoms with Crippen molar-refractivity contribution in [2.45, 2.75) is 51.5 Å². The van der Waals surface area contributed by atoms with Crippen LogP contribution in [0.5, 0.6) is 0 Å². The van der Waals surface area contributed by atoms with Crippen LogP contribution in [0, 0.1) is 11.8 Å². The third-order valence-electron chi connectivity index (χ3n) is 4.44. The average molecular weight is 250 g/mol. The molecule has 0 aromatic carbocycles. The van der Waals surface area contributed by atoms with Gasteiger partial charge in [-0.3, -0.25) is 4.68 Å². The molecule has 1 aromatic heterocycles. The summed E-state index contributed by atoms with van der Waals surface area (Å²) in [5.41, 5.74) is 1.22. The molecule has 0 saturated heterocycles. The van der Waals surface area contributed by atoms with Gasteiger partial charge in [-0.15, -0.1) is 5.10 Å². The molecular weight excluding hydrogens is 224 g/mol. The molecule has 1 unspecified atom stereocenters. The van der Waals surface area contributed by atoms with Gasteiger partial charge < -0.3 is 5.32 Å². The molecule has 1 atom stereocenters. The second-order valence-electron chi connectivity index (χ2n) is 5.62. The highest BCUT2D eigenvalue weighted by atomic mass is 15.4. The monoisotopic (exact) mass is 250 g/mol. The number of aromatic nitrogens is 3. The van der Waals surface area contributed by atoms with Crippen molar-refractivity contribution in [1.82, 2.24) is 20.3 Å². The number of aryl methyl sites for hydroxylation is 1. The van der Waals surface area contributed by atoms with Crippen LogP contribution in [-0.4, -0.2) is 22.0 Å². The molecule has 1 N–H and O–H groups in total. The van der Waals surface area contributed by atoms with Gasteiger partial charge in [-0.1, -0.05) is 37.8 Å². The smallest absolute Gasteiger partial charge is 0.0755 e. The Morgan fingerprint density at radius 2 is 2.11 bits per heavy atom. The maximum atomic E-state index is 4.05. The predicted octanol–water partition coefficient (Wildman–Crippen LogP) is 2.68. The lowest BCUT2D eigenvalue weighted by Gasteiger charge is -2.33. The molecule has 1 aliphatic carbocycles. The van der Waals surface area contributed by atoms with Crippen molar-refractivity contribution in [1.29, 1.82) is 0 Å². The molecule has 4 heteroatoms. The van der Waals surface area contributed by atoms with Gasteiger partial charge in [0.1, 0.15) is 0 Å². The minimum Gasteiger partial charge on any atom is -0.311 e. The fraction of sp³-hybridized carbons (Fsp3) is 0.857. The average Bonchev–Trinajstić information content (AvgIpc) is 2.79. The zero-order valence-corrected chi connectivity index (χ0v) is 11.9. The van der Waals surface area contributed by atoms with Gasteiger partial charge in [0.25, 0.3) is 0 Å². The number of nitrogens with zero attached hydrogens (tertiary/aromatic N) is 3. The van der Waals surface area contributed by atoms with Crippen LogP contribution in [0.1, 0.15) is 57.2 Å². The van der Waals surface area contributed by atoms with Gasteiger partial charge in [0.2, 0.25) is 0 Å². The first-order valence-corrected chi connectivity index (χ1v) is 7.28. The second kappa shape index (κ2) is 6.32. The maximum Gasteiger partial charge on any atom is 0.0755 e. The largest absolute Gasteiger partial charge is 0.311 e. The van der Waals surface area contributed by atoms with Crippen LogP contribution >= 0.6 is 0 Å². The van der Waals surface area contributed by atoms with E-state index in [1.807, 2.05) is 17.9 Å². The number of nitrogens with one attached hydrogen (secondary N) is 1. The van der Waals surface area contributed by atoms with Crippen LogP contribution < -0.4 is 5.32 Å². The summed E-state index contributed by atoms with van der Waals surface area (Å²) in [6, 6.07) is 0.410. The Morgan fingerprint density at radius 3 is 2.61 bits per heavy atom. The topological polar surface area (TPSA) is 42.7 Å². The van der Waals surface area contributed by atoms with E-state index in [9.17, 15) is 0 Å². The molecular formula is C14H26N4. The molecule has 18 heavy (non-hydrogen) atoms. The standard InChI is InChI=1S/C14H26N4/c1-4-5-11-6-8-12(9-7-11)14(15-2)13-10-16-17-18(13)3/h10-12,14-15H,4-9H2,1-3H3. The van der Waals surface area contributed by atoms with Gasteiger partial charge in [-0.25, -0.2) is 0 Å². The Kier molecular flexibility index (Phi) is 4.75. The van der Waals surface area contributed by atoms with Crippen LogP contribution in [0.3, 0.4) is 0 Å². The lowest BCUT2D eigenvalue weighted by Crippen LogP contribution is -2.30. The highest BCUT2D eigenvalue weighted by Gasteiger charge is 2.29. The van der Waals surface area contributed by atoms with Crippen LogP contribution in [0.15, 0.2) is 6.20 Å². The summed E-state index contributed by atoms with van der Waals surface area (Å²) in [7, 11) is 4.03. The van der Waals surface area contributed by atoms with Crippen molar-refractivity contribution < 1.29 is 0 Å². The van der Waals surface area contributed by atoms with E-state index >= 15 is 0 Å². The summed E-state index contributed by atoms with van der Waals surface area (Å²) in [6.45, 7) is 2.30. The first-order chi connectivity index (χ1) is 8.76. The molecule has 1 aromatic rings. The highest BCUT2D eigenvalue weighted by Crippen LogP contribution is 2.37. The van der Waals surface area contributed by atoms with Gasteiger partial charge in [0.15, 0.2) is 0 Å². The van der Waals surface area contributed by atoms with Crippen LogP contribution in [0.25, 0.3) is 0 Å². The van der Waals surface area contributed by atoms with E-state index in [0.717, 1.165) is 11.8 Å². The second-order valence-corrected chi connectivity index (χ2v) is 5.62. The van der Waals surface area contributed by atoms with Crippen molar-refractivity contribution in [2.24, 2.45) is 18.9 Å². The third-order valence-corrected chi connectivity index (χ3v) is 4.44. The van der Waals surface area contributed by atoms with E-state index < -0.39 is 0 Å². The number of rotatable bonds is 5. The third kappa shape index (κ3) is 2.91. The fourth-order valence-electron chi connectivity index (χ4n) is 3.42. The Hall–Kier alpha value is -0.900. The first-order valence-electron chi connectivity index (χ1n) is 7.28. The van der Waals surface area contributed by atoms with Gasteiger partial charge in [0, 0.05) is 7.05 Å². The van der Waals surface area contributed by atoms with Crippen molar-refractivity contribution in [3.05, 3.63) is 11.9 Å². The minimum atomic E-state index is 0.410. The molecule has 1 saturated carbocycles.